The molecule has 5 N–H and O–H groups in total. The standard InChI is InChI=1S/C57H91N2O12P/c1-13-49-57(7,65)52(62)41(5)59(34-19-33-56(6,64)53(38(2)36-39(3)54(63)70-49)71-55-51(61)48(58(8)9)37-40(4)69-55)50(60)20-17-15-14-16-18-35-72(45-27-21-42(66-10)22-28-45,46-29-23-43(67-11)24-30-46)47-31-25-44(68-12)26-32-47/h21-32,38-41,48-49,51-55,61-65,72H,13-20,33-37H2,1-12H3/t38-,39+,40+,41+,48-,49+,51+,52+,53+,54?,55-,56+,57+/m0/s1. The van der Waals surface area contributed by atoms with Crippen LogP contribution in [0.4, 0.5) is 0 Å². The van der Waals surface area contributed by atoms with E-state index in [0.29, 0.717) is 25.7 Å². The summed E-state index contributed by atoms with van der Waals surface area (Å²) in [6, 6.07) is 24.4. The summed E-state index contributed by atoms with van der Waals surface area (Å²) in [6.07, 6.45) is 0.659. The van der Waals surface area contributed by atoms with Gasteiger partial charge in [0.15, 0.2) is 12.6 Å². The Bertz CT molecular complexity index is 1960. The van der Waals surface area contributed by atoms with Crippen molar-refractivity contribution in [3.63, 3.8) is 0 Å². The van der Waals surface area contributed by atoms with Crippen LogP contribution in [0.3, 0.4) is 0 Å². The van der Waals surface area contributed by atoms with Gasteiger partial charge in [0.1, 0.15) is 6.10 Å². The van der Waals surface area contributed by atoms with Crippen molar-refractivity contribution in [2.75, 3.05) is 48.1 Å². The average molecular weight is 1030 g/mol. The number of hydrogen-bond donors (Lipinski definition) is 5. The number of hydrogen-bond acceptors (Lipinski definition) is 13. The summed E-state index contributed by atoms with van der Waals surface area (Å²) < 4.78 is 35.7. The maximum atomic E-state index is 14.4. The number of aliphatic hydroxyl groups is 5. The van der Waals surface area contributed by atoms with Gasteiger partial charge in [-0.25, -0.2) is 0 Å². The molecule has 0 saturated carbocycles. The van der Waals surface area contributed by atoms with Gasteiger partial charge in [0.2, 0.25) is 0 Å². The third-order valence-corrected chi connectivity index (χ3v) is 20.9. The summed E-state index contributed by atoms with van der Waals surface area (Å²) in [7, 11) is 6.27. The van der Waals surface area contributed by atoms with Crippen LogP contribution >= 0.6 is 7.26 Å². The Kier molecular flexibility index (Phi) is 22.2. The van der Waals surface area contributed by atoms with Crippen molar-refractivity contribution >= 4 is 29.1 Å². The molecule has 0 radical (unpaired) electrons. The molecule has 2 saturated heterocycles. The van der Waals surface area contributed by atoms with Crippen LogP contribution in [0.1, 0.15) is 119 Å². The van der Waals surface area contributed by atoms with Gasteiger partial charge in [0, 0.05) is 12.0 Å². The number of aliphatic hydroxyl groups excluding tert-OH is 3. The summed E-state index contributed by atoms with van der Waals surface area (Å²) in [4.78, 5) is 18.0. The first kappa shape index (κ1) is 59.5. The van der Waals surface area contributed by atoms with Crippen molar-refractivity contribution in [1.82, 2.24) is 9.80 Å². The molecule has 2 aliphatic rings. The molecule has 72 heavy (non-hydrogen) atoms. The summed E-state index contributed by atoms with van der Waals surface area (Å²) in [5.74, 6) is 1.44. The molecule has 0 spiro atoms. The molecule has 406 valence electrons. The average Bonchev–Trinajstić information content (AvgIpc) is 3.36. The SMILES string of the molecule is CC[C@H]1OC(O)[C@H](C)C[C@H](C)[C@@H](O[C@@H]2O[C@H](C)C[C@H](N(C)C)[C@H]2O)[C@](C)(O)CCCN(C(=O)CCCCCCC[PH](c2ccc(OC)cc2)(c2ccc(OC)cc2)c2ccc(OC)cc2)[C@H](C)[C@@H](O)[C@]1(C)O. The molecule has 15 heteroatoms. The van der Waals surface area contributed by atoms with E-state index in [-0.39, 0.29) is 49.8 Å². The molecular formula is C57H91N2O12P. The second-order valence-corrected chi connectivity index (χ2v) is 25.6. The summed E-state index contributed by atoms with van der Waals surface area (Å²) in [6.45, 7) is 12.7. The number of unbranched alkanes of at least 4 members (excludes halogenated alkanes) is 4. The molecule has 14 nitrogen and oxygen atoms in total. The minimum Gasteiger partial charge on any atom is -0.385 e. The zero-order chi connectivity index (χ0) is 53.0. The molecule has 1 unspecified atom stereocenters. The van der Waals surface area contributed by atoms with E-state index in [1.807, 2.05) is 83.1 Å². The van der Waals surface area contributed by atoms with Crippen molar-refractivity contribution < 1.29 is 58.7 Å². The zero-order valence-electron chi connectivity index (χ0n) is 45.5. The van der Waals surface area contributed by atoms with E-state index in [2.05, 4.69) is 36.4 Å². The molecule has 0 aliphatic carbocycles. The second kappa shape index (κ2) is 26.9. The van der Waals surface area contributed by atoms with Crippen molar-refractivity contribution in [3.8, 4) is 17.2 Å². The third-order valence-electron chi connectivity index (χ3n) is 15.9. The van der Waals surface area contributed by atoms with Crippen molar-refractivity contribution in [2.45, 2.75) is 185 Å². The van der Waals surface area contributed by atoms with Crippen LogP contribution in [0.15, 0.2) is 72.8 Å². The number of nitrogens with zero attached hydrogens (tertiary/aromatic N) is 2. The number of benzene rings is 3. The van der Waals surface area contributed by atoms with Crippen LogP contribution in [0, 0.1) is 11.8 Å². The first-order valence-corrected chi connectivity index (χ1v) is 28.7. The fourth-order valence-corrected chi connectivity index (χ4v) is 16.4. The molecule has 5 rings (SSSR count). The van der Waals surface area contributed by atoms with Crippen molar-refractivity contribution in [2.24, 2.45) is 11.8 Å². The minimum atomic E-state index is -2.60. The molecule has 2 aliphatic heterocycles. The second-order valence-electron chi connectivity index (χ2n) is 21.6. The molecule has 1 amide bonds. The van der Waals surface area contributed by atoms with Crippen molar-refractivity contribution in [3.05, 3.63) is 72.8 Å². The van der Waals surface area contributed by atoms with Gasteiger partial charge in [-0.1, -0.05) is 20.8 Å². The predicted molar refractivity (Wildman–Crippen MR) is 288 cm³/mol. The topological polar surface area (TPSA) is 180 Å². The molecule has 2 heterocycles. The van der Waals surface area contributed by atoms with Gasteiger partial charge in [-0.3, -0.25) is 0 Å². The minimum absolute atomic E-state index is 0.155. The molecule has 0 bridgehead atoms. The smallest absolute Gasteiger partial charge is 0.385 e. The van der Waals surface area contributed by atoms with Crippen LogP contribution in [0.5, 0.6) is 17.2 Å². The molecule has 0 aromatic heterocycles. The number of likely N-dealkylation sites (N-methyl/N-ethyl adjacent to an activating group) is 1. The summed E-state index contributed by atoms with van der Waals surface area (Å²) in [5, 5.41) is 63.1. The van der Waals surface area contributed by atoms with Crippen LogP contribution < -0.4 is 30.1 Å². The number of carbonyl (C=O) groups excluding carboxylic acids is 1. The fraction of sp³-hybridized carbons (Fsp3) is 0.667. The first-order valence-electron chi connectivity index (χ1n) is 26.5. The van der Waals surface area contributed by atoms with E-state index < -0.39 is 67.4 Å². The van der Waals surface area contributed by atoms with Gasteiger partial charge in [0.05, 0.1) is 23.9 Å². The van der Waals surface area contributed by atoms with Gasteiger partial charge in [-0.15, -0.1) is 0 Å². The monoisotopic (exact) mass is 1030 g/mol. The van der Waals surface area contributed by atoms with Crippen molar-refractivity contribution in [1.29, 1.82) is 0 Å². The van der Waals surface area contributed by atoms with E-state index >= 15 is 0 Å². The number of carbonyl (C=O) groups is 1. The summed E-state index contributed by atoms with van der Waals surface area (Å²) in [5.41, 5.74) is -3.28. The van der Waals surface area contributed by atoms with Gasteiger partial charge in [-0.05, 0) is 60.0 Å². The van der Waals surface area contributed by atoms with E-state index in [1.165, 1.54) is 22.8 Å². The molecular weight excluding hydrogens is 936 g/mol. The van der Waals surface area contributed by atoms with E-state index in [1.54, 1.807) is 40.1 Å². The Hall–Kier alpha value is -3.40. The molecule has 3 aromatic carbocycles. The maximum absolute atomic E-state index is 14.4. The Balaban J connectivity index is 1.33. The van der Waals surface area contributed by atoms with Crippen LogP contribution in [0.2, 0.25) is 0 Å². The van der Waals surface area contributed by atoms with Gasteiger partial charge >= 0.3 is 258 Å². The number of methoxy groups -OCH3 is 3. The normalized spacial score (nSPS) is 31.6. The van der Waals surface area contributed by atoms with Crippen LogP contribution in [-0.2, 0) is 19.0 Å². The number of ether oxygens (including phenoxy) is 6. The van der Waals surface area contributed by atoms with Gasteiger partial charge in [-0.2, -0.15) is 0 Å². The van der Waals surface area contributed by atoms with Crippen LogP contribution in [-0.4, -0.2) is 156 Å². The van der Waals surface area contributed by atoms with Gasteiger partial charge < -0.3 is 39.5 Å². The summed E-state index contributed by atoms with van der Waals surface area (Å²) >= 11 is 0. The Morgan fingerprint density at radius 3 is 1.72 bits per heavy atom. The van der Waals surface area contributed by atoms with Gasteiger partial charge in [0.25, 0.3) is 0 Å². The molecule has 3 aromatic rings. The van der Waals surface area contributed by atoms with Crippen LogP contribution in [0.25, 0.3) is 0 Å². The molecule has 2 fully saturated rings. The van der Waals surface area contributed by atoms with E-state index in [4.69, 9.17) is 28.4 Å². The fourth-order valence-electron chi connectivity index (χ4n) is 11.5. The number of amides is 1. The number of rotatable bonds is 18. The van der Waals surface area contributed by atoms with E-state index in [0.717, 1.165) is 49.1 Å². The molecule has 13 atom stereocenters. The quantitative estimate of drug-likeness (QED) is 0.0686. The Morgan fingerprint density at radius 2 is 1.24 bits per heavy atom. The Morgan fingerprint density at radius 1 is 0.736 bits per heavy atom. The van der Waals surface area contributed by atoms with E-state index in [9.17, 15) is 30.3 Å². The predicted octanol–water partition coefficient (Wildman–Crippen LogP) is 6.54. The first-order chi connectivity index (χ1) is 34.1. The third kappa shape index (κ3) is 14.5. The zero-order valence-corrected chi connectivity index (χ0v) is 46.5. The Labute approximate surface area is 431 Å².